The Hall–Kier alpha value is -0.950. The Balaban J connectivity index is 3.02. The first-order chi connectivity index (χ1) is 7.78. The highest BCUT2D eigenvalue weighted by Gasteiger charge is 2.27. The van der Waals surface area contributed by atoms with E-state index in [9.17, 15) is 8.42 Å². The number of nitrogens with two attached hydrogens (primary N) is 1. The number of hydrogen-bond donors (Lipinski definition) is 2. The molecule has 0 unspecified atom stereocenters. The number of aryl methyl sites for hydroxylation is 1. The van der Waals surface area contributed by atoms with Crippen molar-refractivity contribution in [3.8, 4) is 0 Å². The maximum Gasteiger partial charge on any atom is 0.241 e. The molecule has 0 aliphatic heterocycles. The highest BCUT2D eigenvalue weighted by molar-refractivity contribution is 7.89. The van der Waals surface area contributed by atoms with Gasteiger partial charge in [0.2, 0.25) is 10.0 Å². The monoisotopic (exact) mass is 258 g/mol. The van der Waals surface area contributed by atoms with Gasteiger partial charge in [-0.2, -0.15) is 0 Å². The Morgan fingerprint density at radius 1 is 1.35 bits per heavy atom. The molecule has 3 N–H and O–H groups in total. The Morgan fingerprint density at radius 3 is 2.47 bits per heavy atom. The molecule has 0 bridgehead atoms. The number of nitrogens with one attached hydrogen (secondary N) is 1. The first-order valence-electron chi connectivity index (χ1n) is 5.20. The quantitative estimate of drug-likeness (QED) is 0.770. The Labute approximate surface area is 102 Å². The number of rotatable bonds is 5. The molecule has 0 atom stereocenters. The molecule has 1 rings (SSSR count). The minimum Gasteiger partial charge on any atom is -0.303 e. The largest absolute Gasteiger partial charge is 0.303 e. The van der Waals surface area contributed by atoms with Gasteiger partial charge < -0.3 is 4.84 Å². The van der Waals surface area contributed by atoms with Gasteiger partial charge in [0.25, 0.3) is 0 Å². The molecule has 0 heterocycles. The zero-order valence-electron chi connectivity index (χ0n) is 10.2. The molecular weight excluding hydrogens is 240 g/mol. The maximum absolute atomic E-state index is 12.1. The fourth-order valence-electron chi connectivity index (χ4n) is 1.51. The average Bonchev–Trinajstić information content (AvgIpc) is 2.15. The summed E-state index contributed by atoms with van der Waals surface area (Å²) in [4.78, 5) is 4.76. The van der Waals surface area contributed by atoms with Gasteiger partial charge in [0.15, 0.2) is 0 Å². The zero-order valence-corrected chi connectivity index (χ0v) is 11.0. The van der Waals surface area contributed by atoms with Crippen LogP contribution in [0.3, 0.4) is 0 Å². The average molecular weight is 258 g/mol. The summed E-state index contributed by atoms with van der Waals surface area (Å²) in [5, 5.41) is 0. The Morgan fingerprint density at radius 2 is 1.94 bits per heavy atom. The van der Waals surface area contributed by atoms with E-state index in [0.717, 1.165) is 0 Å². The molecule has 0 saturated heterocycles. The van der Waals surface area contributed by atoms with Gasteiger partial charge in [0.05, 0.1) is 17.0 Å². The maximum atomic E-state index is 12.1. The van der Waals surface area contributed by atoms with Crippen molar-refractivity contribution < 1.29 is 13.3 Å². The van der Waals surface area contributed by atoms with E-state index < -0.39 is 15.6 Å². The van der Waals surface area contributed by atoms with Gasteiger partial charge in [0.1, 0.15) is 0 Å². The minimum atomic E-state index is -3.56. The third-order valence-corrected chi connectivity index (χ3v) is 4.10. The number of benzene rings is 1. The molecule has 0 fully saturated rings. The van der Waals surface area contributed by atoms with Crippen molar-refractivity contribution in [3.63, 3.8) is 0 Å². The summed E-state index contributed by atoms with van der Waals surface area (Å²) in [5.41, 5.74) is -0.0555. The lowest BCUT2D eigenvalue weighted by atomic mass is 10.1. The van der Waals surface area contributed by atoms with Gasteiger partial charge >= 0.3 is 0 Å². The van der Waals surface area contributed by atoms with Crippen LogP contribution in [0.15, 0.2) is 29.2 Å². The van der Waals surface area contributed by atoms with Crippen molar-refractivity contribution in [2.24, 2.45) is 5.90 Å². The van der Waals surface area contributed by atoms with Crippen LogP contribution in [-0.4, -0.2) is 20.6 Å². The van der Waals surface area contributed by atoms with Crippen LogP contribution in [-0.2, 0) is 14.9 Å². The highest BCUT2D eigenvalue weighted by atomic mass is 32.2. The molecule has 0 saturated carbocycles. The summed E-state index contributed by atoms with van der Waals surface area (Å²) in [6.45, 7) is 5.25. The first-order valence-corrected chi connectivity index (χ1v) is 6.68. The van der Waals surface area contributed by atoms with Crippen LogP contribution in [0.4, 0.5) is 0 Å². The van der Waals surface area contributed by atoms with E-state index in [4.69, 9.17) is 5.90 Å². The molecule has 17 heavy (non-hydrogen) atoms. The van der Waals surface area contributed by atoms with E-state index in [2.05, 4.69) is 9.56 Å². The van der Waals surface area contributed by atoms with Crippen molar-refractivity contribution in [3.05, 3.63) is 29.8 Å². The number of hydrogen-bond acceptors (Lipinski definition) is 4. The SMILES string of the molecule is Cc1ccccc1S(=O)(=O)NC(C)(C)CON. The van der Waals surface area contributed by atoms with E-state index in [1.54, 1.807) is 45.0 Å². The third kappa shape index (κ3) is 3.78. The van der Waals surface area contributed by atoms with Crippen LogP contribution in [0.2, 0.25) is 0 Å². The third-order valence-electron chi connectivity index (χ3n) is 2.24. The van der Waals surface area contributed by atoms with Gasteiger partial charge in [-0.25, -0.2) is 19.0 Å². The molecule has 0 aromatic heterocycles. The highest BCUT2D eigenvalue weighted by Crippen LogP contribution is 2.16. The molecule has 1 aromatic carbocycles. The van der Waals surface area contributed by atoms with E-state index in [1.165, 1.54) is 0 Å². The Bertz CT molecular complexity index is 483. The summed E-state index contributed by atoms with van der Waals surface area (Å²) in [7, 11) is -3.56. The zero-order chi connectivity index (χ0) is 13.1. The molecule has 0 spiro atoms. The van der Waals surface area contributed by atoms with Crippen molar-refractivity contribution in [1.29, 1.82) is 0 Å². The summed E-state index contributed by atoms with van der Waals surface area (Å²) in [6, 6.07) is 6.80. The predicted octanol–water partition coefficient (Wildman–Crippen LogP) is 0.942. The molecule has 1 aromatic rings. The normalized spacial score (nSPS) is 12.7. The number of sulfonamides is 1. The lowest BCUT2D eigenvalue weighted by Crippen LogP contribution is -2.47. The molecule has 0 aliphatic rings. The van der Waals surface area contributed by atoms with E-state index in [1.807, 2.05) is 0 Å². The van der Waals surface area contributed by atoms with Crippen LogP contribution in [0, 0.1) is 6.92 Å². The summed E-state index contributed by atoms with van der Waals surface area (Å²) >= 11 is 0. The standard InChI is InChI=1S/C11H18N2O3S/c1-9-6-4-5-7-10(9)17(14,15)13-11(2,3)8-16-12/h4-7,13H,8,12H2,1-3H3. The molecular formula is C11H18N2O3S. The lowest BCUT2D eigenvalue weighted by Gasteiger charge is -2.24. The topological polar surface area (TPSA) is 81.4 Å². The van der Waals surface area contributed by atoms with Gasteiger partial charge in [-0.1, -0.05) is 18.2 Å². The van der Waals surface area contributed by atoms with Crippen molar-refractivity contribution in [1.82, 2.24) is 4.72 Å². The van der Waals surface area contributed by atoms with Gasteiger partial charge in [-0.3, -0.25) is 0 Å². The second-order valence-corrected chi connectivity index (χ2v) is 6.22. The molecule has 96 valence electrons. The predicted molar refractivity (Wildman–Crippen MR) is 65.7 cm³/mol. The van der Waals surface area contributed by atoms with Gasteiger partial charge in [-0.15, -0.1) is 0 Å². The first kappa shape index (κ1) is 14.1. The van der Waals surface area contributed by atoms with E-state index in [-0.39, 0.29) is 11.5 Å². The van der Waals surface area contributed by atoms with Gasteiger partial charge in [0, 0.05) is 0 Å². The van der Waals surface area contributed by atoms with Crippen molar-refractivity contribution in [2.45, 2.75) is 31.2 Å². The van der Waals surface area contributed by atoms with Crippen LogP contribution >= 0.6 is 0 Å². The van der Waals surface area contributed by atoms with Crippen molar-refractivity contribution >= 4 is 10.0 Å². The second-order valence-electron chi connectivity index (χ2n) is 4.57. The lowest BCUT2D eigenvalue weighted by molar-refractivity contribution is 0.0929. The van der Waals surface area contributed by atoms with Crippen molar-refractivity contribution in [2.75, 3.05) is 6.61 Å². The molecule has 5 nitrogen and oxygen atoms in total. The van der Waals surface area contributed by atoms with Crippen LogP contribution in [0.25, 0.3) is 0 Å². The fraction of sp³-hybridized carbons (Fsp3) is 0.455. The van der Waals surface area contributed by atoms with Crippen LogP contribution in [0.1, 0.15) is 19.4 Å². The fourth-order valence-corrected chi connectivity index (χ4v) is 3.16. The Kier molecular flexibility index (Phi) is 4.26. The molecule has 0 aliphatic carbocycles. The van der Waals surface area contributed by atoms with E-state index in [0.29, 0.717) is 5.56 Å². The second kappa shape index (κ2) is 5.14. The molecule has 0 amide bonds. The summed E-state index contributed by atoms with van der Waals surface area (Å²) in [5.74, 6) is 4.97. The van der Waals surface area contributed by atoms with Gasteiger partial charge in [-0.05, 0) is 32.4 Å². The molecule has 0 radical (unpaired) electrons. The minimum absolute atomic E-state index is 0.0953. The van der Waals surface area contributed by atoms with Crippen LogP contribution in [0.5, 0.6) is 0 Å². The van der Waals surface area contributed by atoms with Crippen LogP contribution < -0.4 is 10.6 Å². The van der Waals surface area contributed by atoms with E-state index >= 15 is 0 Å². The molecule has 6 heteroatoms. The smallest absolute Gasteiger partial charge is 0.241 e. The summed E-state index contributed by atoms with van der Waals surface area (Å²) in [6.07, 6.45) is 0. The summed E-state index contributed by atoms with van der Waals surface area (Å²) < 4.78 is 26.8.